The molecule has 0 aliphatic rings. The summed E-state index contributed by atoms with van der Waals surface area (Å²) in [4.78, 5) is 23.0. The van der Waals surface area contributed by atoms with Crippen LogP contribution in [-0.4, -0.2) is 23.5 Å². The first-order valence-corrected chi connectivity index (χ1v) is 12.2. The van der Waals surface area contributed by atoms with E-state index in [1.54, 1.807) is 24.3 Å². The van der Waals surface area contributed by atoms with Crippen LogP contribution in [0, 0.1) is 0 Å². The highest BCUT2D eigenvalue weighted by molar-refractivity contribution is 6.30. The SMILES string of the molecule is CCC[C@H](c1ccc(C(=O)NCCC(=O)O)cc1)[C@H](Oc1ccc(C(F)(F)F)cc1)c1ccc(Cl)cc1. The van der Waals surface area contributed by atoms with E-state index in [0.29, 0.717) is 22.8 Å². The normalized spacial score (nSPS) is 13.0. The fourth-order valence-electron chi connectivity index (χ4n) is 3.97. The van der Waals surface area contributed by atoms with E-state index in [1.165, 1.54) is 12.1 Å². The van der Waals surface area contributed by atoms with Crippen molar-refractivity contribution < 1.29 is 32.6 Å². The lowest BCUT2D eigenvalue weighted by Crippen LogP contribution is -2.26. The summed E-state index contributed by atoms with van der Waals surface area (Å²) < 4.78 is 45.3. The third kappa shape index (κ3) is 7.98. The van der Waals surface area contributed by atoms with Crippen LogP contribution in [0.4, 0.5) is 13.2 Å². The van der Waals surface area contributed by atoms with Crippen molar-refractivity contribution >= 4 is 23.5 Å². The molecular formula is C28H27ClF3NO4. The number of alkyl halides is 3. The van der Waals surface area contributed by atoms with Gasteiger partial charge in [0, 0.05) is 23.0 Å². The minimum absolute atomic E-state index is 0.0218. The molecule has 0 unspecified atom stereocenters. The van der Waals surface area contributed by atoms with Crippen LogP contribution < -0.4 is 10.1 Å². The van der Waals surface area contributed by atoms with Crippen molar-refractivity contribution in [1.29, 1.82) is 0 Å². The van der Waals surface area contributed by atoms with Crippen LogP contribution in [0.25, 0.3) is 0 Å². The summed E-state index contributed by atoms with van der Waals surface area (Å²) in [6, 6.07) is 18.6. The van der Waals surface area contributed by atoms with Crippen LogP contribution in [0.5, 0.6) is 5.75 Å². The van der Waals surface area contributed by atoms with E-state index in [2.05, 4.69) is 5.32 Å². The first-order chi connectivity index (χ1) is 17.6. The van der Waals surface area contributed by atoms with Gasteiger partial charge in [0.2, 0.25) is 0 Å². The summed E-state index contributed by atoms with van der Waals surface area (Å²) in [7, 11) is 0. The van der Waals surface area contributed by atoms with Crippen molar-refractivity contribution in [3.8, 4) is 5.75 Å². The standard InChI is InChI=1S/C28H27ClF3NO4/c1-2-3-24(18-4-6-20(7-5-18)27(36)33-17-16-25(34)35)26(19-8-12-22(29)13-9-19)37-23-14-10-21(11-15-23)28(30,31)32/h4-15,24,26H,2-3,16-17H2,1H3,(H,33,36)(H,34,35)/t24-,26-/m1/s1. The van der Waals surface area contributed by atoms with Gasteiger partial charge in [-0.25, -0.2) is 0 Å². The zero-order valence-electron chi connectivity index (χ0n) is 20.1. The molecule has 196 valence electrons. The molecule has 0 bridgehead atoms. The summed E-state index contributed by atoms with van der Waals surface area (Å²) in [5.74, 6) is -1.27. The lowest BCUT2D eigenvalue weighted by Gasteiger charge is -2.29. The summed E-state index contributed by atoms with van der Waals surface area (Å²) in [6.07, 6.45) is -3.64. The number of amides is 1. The molecule has 0 aliphatic heterocycles. The van der Waals surface area contributed by atoms with Gasteiger partial charge in [-0.3, -0.25) is 9.59 Å². The van der Waals surface area contributed by atoms with Gasteiger partial charge in [0.15, 0.2) is 0 Å². The van der Waals surface area contributed by atoms with Gasteiger partial charge in [-0.05, 0) is 66.1 Å². The number of carbonyl (C=O) groups is 2. The zero-order chi connectivity index (χ0) is 27.0. The van der Waals surface area contributed by atoms with Crippen LogP contribution in [0.3, 0.4) is 0 Å². The lowest BCUT2D eigenvalue weighted by atomic mass is 9.85. The maximum absolute atomic E-state index is 13.0. The Hall–Kier alpha value is -3.52. The van der Waals surface area contributed by atoms with Gasteiger partial charge >= 0.3 is 12.1 Å². The molecule has 0 saturated carbocycles. The molecule has 0 saturated heterocycles. The quantitative estimate of drug-likeness (QED) is 0.272. The third-order valence-corrected chi connectivity index (χ3v) is 6.09. The first-order valence-electron chi connectivity index (χ1n) is 11.8. The fourth-order valence-corrected chi connectivity index (χ4v) is 4.10. The molecule has 1 amide bonds. The van der Waals surface area contributed by atoms with E-state index in [4.69, 9.17) is 21.4 Å². The van der Waals surface area contributed by atoms with Crippen molar-refractivity contribution in [2.24, 2.45) is 0 Å². The molecular weight excluding hydrogens is 507 g/mol. The van der Waals surface area contributed by atoms with E-state index in [-0.39, 0.29) is 24.8 Å². The molecule has 0 heterocycles. The molecule has 37 heavy (non-hydrogen) atoms. The van der Waals surface area contributed by atoms with Crippen LogP contribution in [0.15, 0.2) is 72.8 Å². The van der Waals surface area contributed by atoms with Gasteiger partial charge in [0.25, 0.3) is 5.91 Å². The topological polar surface area (TPSA) is 75.6 Å². The van der Waals surface area contributed by atoms with Gasteiger partial charge in [0.1, 0.15) is 11.9 Å². The number of halogens is 4. The number of aliphatic carboxylic acids is 1. The second-order valence-electron chi connectivity index (χ2n) is 8.53. The number of carboxylic acid groups (broad SMARTS) is 1. The van der Waals surface area contributed by atoms with Crippen molar-refractivity contribution in [3.05, 3.63) is 100 Å². The molecule has 2 N–H and O–H groups in total. The van der Waals surface area contributed by atoms with Gasteiger partial charge < -0.3 is 15.2 Å². The van der Waals surface area contributed by atoms with Gasteiger partial charge in [-0.2, -0.15) is 13.2 Å². The first kappa shape index (κ1) is 28.1. The average molecular weight is 534 g/mol. The molecule has 9 heteroatoms. The Kier molecular flexibility index (Phi) is 9.58. The molecule has 0 spiro atoms. The zero-order valence-corrected chi connectivity index (χ0v) is 20.9. The minimum atomic E-state index is -4.44. The number of rotatable bonds is 11. The molecule has 3 aromatic carbocycles. The number of carbonyl (C=O) groups excluding carboxylic acids is 1. The van der Waals surface area contributed by atoms with E-state index in [1.807, 2.05) is 31.2 Å². The van der Waals surface area contributed by atoms with Crippen LogP contribution in [0.1, 0.15) is 65.3 Å². The molecule has 2 atom stereocenters. The minimum Gasteiger partial charge on any atom is -0.485 e. The highest BCUT2D eigenvalue weighted by Crippen LogP contribution is 2.39. The number of nitrogens with one attached hydrogen (secondary N) is 1. The average Bonchev–Trinajstić information content (AvgIpc) is 2.86. The van der Waals surface area contributed by atoms with E-state index in [9.17, 15) is 22.8 Å². The molecule has 3 rings (SSSR count). The van der Waals surface area contributed by atoms with E-state index in [0.717, 1.165) is 29.7 Å². The van der Waals surface area contributed by atoms with Crippen molar-refractivity contribution in [1.82, 2.24) is 5.32 Å². The summed E-state index contributed by atoms with van der Waals surface area (Å²) >= 11 is 6.08. The Morgan fingerprint density at radius 1 is 0.946 bits per heavy atom. The monoisotopic (exact) mass is 533 g/mol. The third-order valence-electron chi connectivity index (χ3n) is 5.83. The van der Waals surface area contributed by atoms with Gasteiger partial charge in [-0.15, -0.1) is 0 Å². The molecule has 0 aliphatic carbocycles. The second-order valence-corrected chi connectivity index (χ2v) is 8.97. The number of benzene rings is 3. The van der Waals surface area contributed by atoms with Crippen LogP contribution >= 0.6 is 11.6 Å². The predicted octanol–water partition coefficient (Wildman–Crippen LogP) is 7.27. The van der Waals surface area contributed by atoms with Gasteiger partial charge in [0.05, 0.1) is 12.0 Å². The van der Waals surface area contributed by atoms with Crippen LogP contribution in [0.2, 0.25) is 5.02 Å². The Bertz CT molecular complexity index is 1180. The Balaban J connectivity index is 1.90. The number of hydrogen-bond donors (Lipinski definition) is 2. The van der Waals surface area contributed by atoms with Crippen molar-refractivity contribution in [2.45, 2.75) is 44.4 Å². The molecule has 0 fully saturated rings. The number of carboxylic acids is 1. The Labute approximate surface area is 218 Å². The van der Waals surface area contributed by atoms with Crippen LogP contribution in [-0.2, 0) is 11.0 Å². The Morgan fingerprint density at radius 2 is 1.54 bits per heavy atom. The van der Waals surface area contributed by atoms with E-state index < -0.39 is 23.8 Å². The lowest BCUT2D eigenvalue weighted by molar-refractivity contribution is -0.138. The molecule has 0 aromatic heterocycles. The highest BCUT2D eigenvalue weighted by Gasteiger charge is 2.31. The second kappa shape index (κ2) is 12.6. The molecule has 3 aromatic rings. The molecule has 5 nitrogen and oxygen atoms in total. The summed E-state index contributed by atoms with van der Waals surface area (Å²) in [5, 5.41) is 11.9. The Morgan fingerprint density at radius 3 is 2.08 bits per heavy atom. The summed E-state index contributed by atoms with van der Waals surface area (Å²) in [5.41, 5.74) is 1.32. The van der Waals surface area contributed by atoms with Gasteiger partial charge in [-0.1, -0.05) is 49.2 Å². The smallest absolute Gasteiger partial charge is 0.416 e. The van der Waals surface area contributed by atoms with Crippen molar-refractivity contribution in [2.75, 3.05) is 6.54 Å². The summed E-state index contributed by atoms with van der Waals surface area (Å²) in [6.45, 7) is 2.04. The van der Waals surface area contributed by atoms with Crippen molar-refractivity contribution in [3.63, 3.8) is 0 Å². The number of ether oxygens (including phenoxy) is 1. The highest BCUT2D eigenvalue weighted by atomic mass is 35.5. The largest absolute Gasteiger partial charge is 0.485 e. The maximum Gasteiger partial charge on any atom is 0.416 e. The molecule has 0 radical (unpaired) electrons. The predicted molar refractivity (Wildman–Crippen MR) is 135 cm³/mol. The fraction of sp³-hybridized carbons (Fsp3) is 0.286. The number of hydrogen-bond acceptors (Lipinski definition) is 3. The van der Waals surface area contributed by atoms with E-state index >= 15 is 0 Å². The maximum atomic E-state index is 13.0.